The molecule has 1 aliphatic rings. The molecule has 0 aliphatic heterocycles. The topological polar surface area (TPSA) is 38.3 Å². The molecule has 0 atom stereocenters. The maximum atomic E-state index is 11.8. The fourth-order valence-corrected chi connectivity index (χ4v) is 2.45. The van der Waals surface area contributed by atoms with E-state index in [9.17, 15) is 4.79 Å². The van der Waals surface area contributed by atoms with E-state index in [4.69, 9.17) is 4.74 Å². The molecule has 0 aromatic carbocycles. The lowest BCUT2D eigenvalue weighted by Gasteiger charge is -2.22. The first-order chi connectivity index (χ1) is 9.69. The summed E-state index contributed by atoms with van der Waals surface area (Å²) < 4.78 is 5.52. The number of thiol groups is 1. The van der Waals surface area contributed by atoms with Crippen LogP contribution in [0.1, 0.15) is 39.0 Å². The van der Waals surface area contributed by atoms with Gasteiger partial charge >= 0.3 is 0 Å². The van der Waals surface area contributed by atoms with E-state index in [1.54, 1.807) is 6.08 Å². The Hall–Kier alpha value is -1.16. The highest BCUT2D eigenvalue weighted by Gasteiger charge is 2.15. The molecule has 0 radical (unpaired) electrons. The predicted octanol–water partition coefficient (Wildman–Crippen LogP) is 3.40. The number of carbonyl (C=O) groups is 1. The molecule has 112 valence electrons. The number of hydrogen-bond donors (Lipinski definition) is 2. The lowest BCUT2D eigenvalue weighted by atomic mass is 9.95. The maximum Gasteiger partial charge on any atom is 0.258 e. The third-order valence-corrected chi connectivity index (χ3v) is 3.76. The van der Waals surface area contributed by atoms with Crippen LogP contribution in [0.4, 0.5) is 0 Å². The Bertz CT molecular complexity index is 382. The van der Waals surface area contributed by atoms with Gasteiger partial charge in [-0.05, 0) is 37.5 Å². The van der Waals surface area contributed by atoms with Crippen molar-refractivity contribution in [1.29, 1.82) is 0 Å². The zero-order valence-corrected chi connectivity index (χ0v) is 13.1. The second-order valence-electron chi connectivity index (χ2n) is 4.96. The zero-order chi connectivity index (χ0) is 14.8. The third-order valence-electron chi connectivity index (χ3n) is 3.40. The Morgan fingerprint density at radius 2 is 2.10 bits per heavy atom. The van der Waals surface area contributed by atoms with Crippen LogP contribution >= 0.6 is 12.6 Å². The average molecular weight is 295 g/mol. The van der Waals surface area contributed by atoms with E-state index >= 15 is 0 Å². The monoisotopic (exact) mass is 295 g/mol. The zero-order valence-electron chi connectivity index (χ0n) is 12.2. The number of allylic oxidation sites excluding steroid dienone is 3. The standard InChI is InChI=1S/C16H25NO2S/c1-3-13(12-20)10-15(4-2)19-11-16(18)17-14-8-6-5-7-9-14/h3-4,10,14,20H,1,5-9,11-12H2,2H3,(H,17,18)/b13-10+,15-4+. The highest BCUT2D eigenvalue weighted by atomic mass is 32.1. The van der Waals surface area contributed by atoms with Gasteiger partial charge in [-0.3, -0.25) is 4.79 Å². The van der Waals surface area contributed by atoms with Crippen molar-refractivity contribution in [2.75, 3.05) is 12.4 Å². The quantitative estimate of drug-likeness (QED) is 0.429. The van der Waals surface area contributed by atoms with Gasteiger partial charge in [0.05, 0.1) is 0 Å². The maximum absolute atomic E-state index is 11.8. The van der Waals surface area contributed by atoms with Gasteiger partial charge in [-0.25, -0.2) is 0 Å². The Morgan fingerprint density at radius 1 is 1.40 bits per heavy atom. The molecule has 1 amide bonds. The van der Waals surface area contributed by atoms with E-state index < -0.39 is 0 Å². The summed E-state index contributed by atoms with van der Waals surface area (Å²) in [5, 5.41) is 3.03. The van der Waals surface area contributed by atoms with Crippen molar-refractivity contribution in [3.05, 3.63) is 36.1 Å². The summed E-state index contributed by atoms with van der Waals surface area (Å²) in [4.78, 5) is 11.8. The van der Waals surface area contributed by atoms with Gasteiger partial charge in [0.2, 0.25) is 0 Å². The SMILES string of the molecule is C=C/C(=C\C(=C/C)OCC(=O)NC1CCCCC1)CS. The third kappa shape index (κ3) is 6.33. The second-order valence-corrected chi connectivity index (χ2v) is 5.28. The summed E-state index contributed by atoms with van der Waals surface area (Å²) in [6, 6.07) is 0.325. The largest absolute Gasteiger partial charge is 0.484 e. The fourth-order valence-electron chi connectivity index (χ4n) is 2.23. The van der Waals surface area contributed by atoms with Crippen LogP contribution in [-0.4, -0.2) is 24.3 Å². The molecule has 4 heteroatoms. The van der Waals surface area contributed by atoms with Crippen molar-refractivity contribution in [2.24, 2.45) is 0 Å². The van der Waals surface area contributed by atoms with Crippen LogP contribution in [0.2, 0.25) is 0 Å². The van der Waals surface area contributed by atoms with Gasteiger partial charge in [-0.15, -0.1) is 0 Å². The summed E-state index contributed by atoms with van der Waals surface area (Å²) in [6.45, 7) is 5.65. The van der Waals surface area contributed by atoms with Crippen molar-refractivity contribution in [1.82, 2.24) is 5.32 Å². The van der Waals surface area contributed by atoms with Gasteiger partial charge in [0.15, 0.2) is 6.61 Å². The number of nitrogens with one attached hydrogen (secondary N) is 1. The van der Waals surface area contributed by atoms with E-state index in [0.717, 1.165) is 18.4 Å². The van der Waals surface area contributed by atoms with Gasteiger partial charge in [-0.1, -0.05) is 31.9 Å². The number of hydrogen-bond acceptors (Lipinski definition) is 3. The van der Waals surface area contributed by atoms with Gasteiger partial charge in [0, 0.05) is 11.8 Å². The Labute approximate surface area is 127 Å². The van der Waals surface area contributed by atoms with Gasteiger partial charge < -0.3 is 10.1 Å². The Kier molecular flexibility index (Phi) is 8.19. The number of ether oxygens (including phenoxy) is 1. The Morgan fingerprint density at radius 3 is 2.65 bits per heavy atom. The summed E-state index contributed by atoms with van der Waals surface area (Å²) >= 11 is 4.20. The molecule has 1 N–H and O–H groups in total. The van der Waals surface area contributed by atoms with Crippen LogP contribution in [0, 0.1) is 0 Å². The molecule has 1 aliphatic carbocycles. The van der Waals surface area contributed by atoms with E-state index in [1.165, 1.54) is 19.3 Å². The summed E-state index contributed by atoms with van der Waals surface area (Å²) in [6.07, 6.45) is 11.3. The molecular weight excluding hydrogens is 270 g/mol. The molecule has 0 unspecified atom stereocenters. The molecular formula is C16H25NO2S. The van der Waals surface area contributed by atoms with Crippen LogP contribution in [0.5, 0.6) is 0 Å². The lowest BCUT2D eigenvalue weighted by molar-refractivity contribution is -0.125. The van der Waals surface area contributed by atoms with Crippen molar-refractivity contribution < 1.29 is 9.53 Å². The van der Waals surface area contributed by atoms with E-state index in [2.05, 4.69) is 24.5 Å². The molecule has 0 aromatic rings. The number of rotatable bonds is 7. The predicted molar refractivity (Wildman–Crippen MR) is 86.9 cm³/mol. The van der Waals surface area contributed by atoms with Crippen LogP contribution < -0.4 is 5.32 Å². The second kappa shape index (κ2) is 9.70. The first kappa shape index (κ1) is 16.9. The van der Waals surface area contributed by atoms with Crippen LogP contribution in [0.15, 0.2) is 36.1 Å². The molecule has 0 heterocycles. The smallest absolute Gasteiger partial charge is 0.258 e. The first-order valence-corrected chi connectivity index (χ1v) is 7.85. The van der Waals surface area contributed by atoms with E-state index in [-0.39, 0.29) is 12.5 Å². The normalized spacial score (nSPS) is 17.7. The molecule has 1 fully saturated rings. The number of amides is 1. The van der Waals surface area contributed by atoms with Crippen LogP contribution in [0.25, 0.3) is 0 Å². The highest BCUT2D eigenvalue weighted by molar-refractivity contribution is 7.80. The van der Waals surface area contributed by atoms with Crippen molar-refractivity contribution in [3.8, 4) is 0 Å². The highest BCUT2D eigenvalue weighted by Crippen LogP contribution is 2.17. The lowest BCUT2D eigenvalue weighted by Crippen LogP contribution is -2.38. The molecule has 0 bridgehead atoms. The molecule has 1 rings (SSSR count). The first-order valence-electron chi connectivity index (χ1n) is 7.22. The minimum atomic E-state index is -0.0457. The minimum absolute atomic E-state index is 0.0457. The molecule has 0 aromatic heterocycles. The van der Waals surface area contributed by atoms with Gasteiger partial charge in [0.1, 0.15) is 5.76 Å². The summed E-state index contributed by atoms with van der Waals surface area (Å²) in [7, 11) is 0. The molecule has 0 saturated heterocycles. The van der Waals surface area contributed by atoms with Crippen molar-refractivity contribution >= 4 is 18.5 Å². The summed E-state index contributed by atoms with van der Waals surface area (Å²) in [5.74, 6) is 1.22. The van der Waals surface area contributed by atoms with Crippen molar-refractivity contribution in [2.45, 2.75) is 45.1 Å². The van der Waals surface area contributed by atoms with Crippen LogP contribution in [0.3, 0.4) is 0 Å². The number of carbonyl (C=O) groups excluding carboxylic acids is 1. The van der Waals surface area contributed by atoms with Gasteiger partial charge in [0.25, 0.3) is 5.91 Å². The molecule has 20 heavy (non-hydrogen) atoms. The summed E-state index contributed by atoms with van der Waals surface area (Å²) in [5.41, 5.74) is 0.967. The Balaban J connectivity index is 2.38. The minimum Gasteiger partial charge on any atom is -0.484 e. The van der Waals surface area contributed by atoms with Crippen molar-refractivity contribution in [3.63, 3.8) is 0 Å². The van der Waals surface area contributed by atoms with Crippen LogP contribution in [-0.2, 0) is 9.53 Å². The fraction of sp³-hybridized carbons (Fsp3) is 0.562. The molecule has 0 spiro atoms. The average Bonchev–Trinajstić information content (AvgIpc) is 2.48. The molecule has 3 nitrogen and oxygen atoms in total. The van der Waals surface area contributed by atoms with E-state index in [1.807, 2.05) is 19.1 Å². The van der Waals surface area contributed by atoms with Gasteiger partial charge in [-0.2, -0.15) is 12.6 Å². The van der Waals surface area contributed by atoms with E-state index in [0.29, 0.717) is 17.6 Å². The molecule has 1 saturated carbocycles.